The first-order valence-corrected chi connectivity index (χ1v) is 6.25. The topological polar surface area (TPSA) is 32.3 Å². The Kier molecular flexibility index (Phi) is 7.06. The monoisotopic (exact) mass is 199 g/mol. The molecule has 1 aliphatic carbocycles. The molecule has 0 saturated heterocycles. The molecule has 0 atom stereocenters. The summed E-state index contributed by atoms with van der Waals surface area (Å²) in [7, 11) is 0. The van der Waals surface area contributed by atoms with Crippen LogP contribution in [0.15, 0.2) is 0 Å². The summed E-state index contributed by atoms with van der Waals surface area (Å²) in [5.74, 6) is 0.861. The number of hydrogen-bond donors (Lipinski definition) is 2. The van der Waals surface area contributed by atoms with Crippen LogP contribution in [0.2, 0.25) is 0 Å². The zero-order valence-electron chi connectivity index (χ0n) is 9.30. The van der Waals surface area contributed by atoms with E-state index in [1.54, 1.807) is 0 Å². The van der Waals surface area contributed by atoms with Gasteiger partial charge in [-0.3, -0.25) is 0 Å². The molecule has 1 rings (SSSR count). The van der Waals surface area contributed by atoms with E-state index in [0.29, 0.717) is 0 Å². The fourth-order valence-corrected chi connectivity index (χ4v) is 2.31. The van der Waals surface area contributed by atoms with Gasteiger partial charge in [0.15, 0.2) is 0 Å². The molecule has 0 aromatic carbocycles. The fraction of sp³-hybridized carbons (Fsp3) is 1.00. The summed E-state index contributed by atoms with van der Waals surface area (Å²) >= 11 is 0. The molecular formula is C12H25NO. The maximum Gasteiger partial charge on any atom is 0.0555 e. The van der Waals surface area contributed by atoms with Crippen LogP contribution in [0.3, 0.4) is 0 Å². The van der Waals surface area contributed by atoms with Gasteiger partial charge in [0.2, 0.25) is 0 Å². The van der Waals surface area contributed by atoms with Gasteiger partial charge in [0.1, 0.15) is 0 Å². The van der Waals surface area contributed by atoms with Gasteiger partial charge in [-0.05, 0) is 25.3 Å². The molecule has 2 heteroatoms. The molecule has 0 radical (unpaired) electrons. The van der Waals surface area contributed by atoms with Gasteiger partial charge >= 0.3 is 0 Å². The Morgan fingerprint density at radius 2 is 1.50 bits per heavy atom. The summed E-state index contributed by atoms with van der Waals surface area (Å²) < 4.78 is 0. The minimum Gasteiger partial charge on any atom is -0.395 e. The Balaban J connectivity index is 2.12. The normalized spacial score (nSPS) is 21.2. The lowest BCUT2D eigenvalue weighted by Crippen LogP contribution is -2.25. The van der Waals surface area contributed by atoms with Crippen molar-refractivity contribution in [2.75, 3.05) is 19.7 Å². The van der Waals surface area contributed by atoms with Crippen molar-refractivity contribution < 1.29 is 5.11 Å². The van der Waals surface area contributed by atoms with E-state index >= 15 is 0 Å². The van der Waals surface area contributed by atoms with Crippen molar-refractivity contribution >= 4 is 0 Å². The lowest BCUT2D eigenvalue weighted by molar-refractivity contribution is 0.284. The first-order chi connectivity index (χ1) is 6.93. The number of rotatable bonds is 4. The minimum atomic E-state index is 0.271. The molecule has 1 saturated carbocycles. The molecule has 1 aliphatic rings. The third-order valence-corrected chi connectivity index (χ3v) is 3.20. The van der Waals surface area contributed by atoms with Crippen LogP contribution in [0, 0.1) is 5.92 Å². The van der Waals surface area contributed by atoms with Gasteiger partial charge in [0, 0.05) is 6.54 Å². The molecule has 2 nitrogen and oxygen atoms in total. The predicted octanol–water partition coefficient (Wildman–Crippen LogP) is 2.32. The van der Waals surface area contributed by atoms with Gasteiger partial charge in [0.05, 0.1) is 6.61 Å². The van der Waals surface area contributed by atoms with E-state index in [9.17, 15) is 0 Å². The first kappa shape index (κ1) is 12.0. The lowest BCUT2D eigenvalue weighted by Gasteiger charge is -2.16. The molecule has 0 aromatic heterocycles. The SMILES string of the molecule is OCCNCC1CCCCCCCC1. The second-order valence-corrected chi connectivity index (χ2v) is 4.49. The smallest absolute Gasteiger partial charge is 0.0555 e. The summed E-state index contributed by atoms with van der Waals surface area (Å²) in [6.07, 6.45) is 11.3. The molecule has 0 amide bonds. The molecule has 0 bridgehead atoms. The van der Waals surface area contributed by atoms with Crippen LogP contribution in [-0.4, -0.2) is 24.8 Å². The van der Waals surface area contributed by atoms with E-state index in [-0.39, 0.29) is 6.61 Å². The Labute approximate surface area is 88.1 Å². The van der Waals surface area contributed by atoms with E-state index in [4.69, 9.17) is 5.11 Å². The standard InChI is InChI=1S/C12H25NO/c14-10-9-13-11-12-7-5-3-1-2-4-6-8-12/h12-14H,1-11H2. The molecule has 0 aromatic rings. The van der Waals surface area contributed by atoms with Crippen LogP contribution < -0.4 is 5.32 Å². The molecule has 14 heavy (non-hydrogen) atoms. The zero-order chi connectivity index (χ0) is 10.1. The van der Waals surface area contributed by atoms with Gasteiger partial charge in [-0.25, -0.2) is 0 Å². The molecule has 0 heterocycles. The van der Waals surface area contributed by atoms with Crippen LogP contribution in [0.25, 0.3) is 0 Å². The molecule has 2 N–H and O–H groups in total. The zero-order valence-corrected chi connectivity index (χ0v) is 9.30. The average molecular weight is 199 g/mol. The highest BCUT2D eigenvalue weighted by Crippen LogP contribution is 2.20. The van der Waals surface area contributed by atoms with Gasteiger partial charge in [-0.15, -0.1) is 0 Å². The molecule has 84 valence electrons. The Bertz CT molecular complexity index is 117. The Morgan fingerprint density at radius 1 is 0.929 bits per heavy atom. The summed E-state index contributed by atoms with van der Waals surface area (Å²) in [5.41, 5.74) is 0. The number of aliphatic hydroxyl groups is 1. The summed E-state index contributed by atoms with van der Waals surface area (Å²) in [5, 5.41) is 12.0. The molecule has 1 fully saturated rings. The van der Waals surface area contributed by atoms with Gasteiger partial charge in [-0.2, -0.15) is 0 Å². The average Bonchev–Trinajstić information content (AvgIpc) is 2.32. The fourth-order valence-electron chi connectivity index (χ4n) is 2.31. The molecule has 0 aliphatic heterocycles. The maximum atomic E-state index is 8.68. The van der Waals surface area contributed by atoms with Crippen LogP contribution in [0.4, 0.5) is 0 Å². The second kappa shape index (κ2) is 8.25. The van der Waals surface area contributed by atoms with E-state index in [1.807, 2.05) is 0 Å². The second-order valence-electron chi connectivity index (χ2n) is 4.49. The predicted molar refractivity (Wildman–Crippen MR) is 60.4 cm³/mol. The van der Waals surface area contributed by atoms with Crippen molar-refractivity contribution in [1.29, 1.82) is 0 Å². The van der Waals surface area contributed by atoms with E-state index in [2.05, 4.69) is 5.32 Å². The van der Waals surface area contributed by atoms with Crippen molar-refractivity contribution in [3.63, 3.8) is 0 Å². The molecule has 0 unspecified atom stereocenters. The van der Waals surface area contributed by atoms with Gasteiger partial charge in [-0.1, -0.05) is 38.5 Å². The number of nitrogens with one attached hydrogen (secondary N) is 1. The molecular weight excluding hydrogens is 174 g/mol. The van der Waals surface area contributed by atoms with E-state index < -0.39 is 0 Å². The van der Waals surface area contributed by atoms with E-state index in [0.717, 1.165) is 19.0 Å². The van der Waals surface area contributed by atoms with Crippen molar-refractivity contribution in [1.82, 2.24) is 5.32 Å². The van der Waals surface area contributed by atoms with Crippen molar-refractivity contribution in [3.05, 3.63) is 0 Å². The number of aliphatic hydroxyl groups excluding tert-OH is 1. The third kappa shape index (κ3) is 5.61. The largest absolute Gasteiger partial charge is 0.395 e. The lowest BCUT2D eigenvalue weighted by atomic mass is 9.97. The van der Waals surface area contributed by atoms with Crippen molar-refractivity contribution in [2.24, 2.45) is 5.92 Å². The molecule has 0 spiro atoms. The number of hydrogen-bond acceptors (Lipinski definition) is 2. The highest BCUT2D eigenvalue weighted by molar-refractivity contribution is 4.65. The van der Waals surface area contributed by atoms with Gasteiger partial charge < -0.3 is 10.4 Å². The first-order valence-electron chi connectivity index (χ1n) is 6.25. The van der Waals surface area contributed by atoms with Crippen LogP contribution in [0.1, 0.15) is 51.4 Å². The van der Waals surface area contributed by atoms with Crippen LogP contribution in [0.5, 0.6) is 0 Å². The Morgan fingerprint density at radius 3 is 2.07 bits per heavy atom. The van der Waals surface area contributed by atoms with Crippen LogP contribution >= 0.6 is 0 Å². The summed E-state index contributed by atoms with van der Waals surface area (Å²) in [6, 6.07) is 0. The van der Waals surface area contributed by atoms with E-state index in [1.165, 1.54) is 51.4 Å². The van der Waals surface area contributed by atoms with Crippen molar-refractivity contribution in [2.45, 2.75) is 51.4 Å². The summed E-state index contributed by atoms with van der Waals surface area (Å²) in [4.78, 5) is 0. The quantitative estimate of drug-likeness (QED) is 0.681. The Hall–Kier alpha value is -0.0800. The summed E-state index contributed by atoms with van der Waals surface area (Å²) in [6.45, 7) is 2.14. The minimum absolute atomic E-state index is 0.271. The highest BCUT2D eigenvalue weighted by atomic mass is 16.3. The highest BCUT2D eigenvalue weighted by Gasteiger charge is 2.09. The maximum absolute atomic E-state index is 8.68. The van der Waals surface area contributed by atoms with Gasteiger partial charge in [0.25, 0.3) is 0 Å². The third-order valence-electron chi connectivity index (χ3n) is 3.20. The van der Waals surface area contributed by atoms with Crippen LogP contribution in [-0.2, 0) is 0 Å². The van der Waals surface area contributed by atoms with Crippen molar-refractivity contribution in [3.8, 4) is 0 Å².